The maximum Gasteiger partial charge on any atom is 0.257 e. The van der Waals surface area contributed by atoms with Gasteiger partial charge in [0.15, 0.2) is 5.82 Å². The molecule has 0 saturated carbocycles. The predicted octanol–water partition coefficient (Wildman–Crippen LogP) is 1.85. The molecule has 2 aromatic rings. The molecule has 1 aliphatic rings. The van der Waals surface area contributed by atoms with Crippen LogP contribution < -0.4 is 0 Å². The van der Waals surface area contributed by atoms with E-state index >= 15 is 0 Å². The molecule has 0 bridgehead atoms. The smallest absolute Gasteiger partial charge is 0.257 e. The van der Waals surface area contributed by atoms with Crippen molar-refractivity contribution in [1.29, 1.82) is 0 Å². The lowest BCUT2D eigenvalue weighted by Gasteiger charge is -2.16. The Morgan fingerprint density at radius 2 is 2.33 bits per heavy atom. The molecule has 3 heterocycles. The van der Waals surface area contributed by atoms with Crippen molar-refractivity contribution >= 4 is 5.91 Å². The van der Waals surface area contributed by atoms with Crippen molar-refractivity contribution in [2.45, 2.75) is 39.0 Å². The third-order valence-electron chi connectivity index (χ3n) is 3.84. The van der Waals surface area contributed by atoms with Gasteiger partial charge in [-0.15, -0.1) is 0 Å². The van der Waals surface area contributed by atoms with Crippen LogP contribution in [0.15, 0.2) is 10.7 Å². The third kappa shape index (κ3) is 2.55. The Bertz CT molecular complexity index is 645. The van der Waals surface area contributed by atoms with Crippen molar-refractivity contribution in [1.82, 2.24) is 25.2 Å². The lowest BCUT2D eigenvalue weighted by molar-refractivity contribution is 0.0788. The normalized spacial score (nSPS) is 18.7. The number of H-pyrrole nitrogens is 1. The monoisotopic (exact) mass is 289 g/mol. The Morgan fingerprint density at radius 1 is 1.52 bits per heavy atom. The molecule has 0 aromatic carbocycles. The van der Waals surface area contributed by atoms with Crippen molar-refractivity contribution in [3.8, 4) is 0 Å². The second-order valence-electron chi connectivity index (χ2n) is 5.77. The van der Waals surface area contributed by atoms with Crippen LogP contribution in [-0.2, 0) is 0 Å². The summed E-state index contributed by atoms with van der Waals surface area (Å²) in [6, 6.07) is 0. The molecule has 112 valence electrons. The van der Waals surface area contributed by atoms with Gasteiger partial charge in [0, 0.05) is 13.1 Å². The summed E-state index contributed by atoms with van der Waals surface area (Å²) in [5.74, 6) is 1.64. The van der Waals surface area contributed by atoms with Gasteiger partial charge in [-0.1, -0.05) is 19.0 Å². The molecule has 21 heavy (non-hydrogen) atoms. The minimum absolute atomic E-state index is 0.0196. The molecule has 0 unspecified atom stereocenters. The zero-order valence-corrected chi connectivity index (χ0v) is 12.5. The van der Waals surface area contributed by atoms with Crippen molar-refractivity contribution in [2.24, 2.45) is 0 Å². The first kappa shape index (κ1) is 13.8. The second-order valence-corrected chi connectivity index (χ2v) is 5.77. The van der Waals surface area contributed by atoms with Crippen molar-refractivity contribution in [3.63, 3.8) is 0 Å². The lowest BCUT2D eigenvalue weighted by atomic mass is 10.1. The zero-order chi connectivity index (χ0) is 15.0. The summed E-state index contributed by atoms with van der Waals surface area (Å²) < 4.78 is 5.21. The summed E-state index contributed by atoms with van der Waals surface area (Å²) >= 11 is 0. The van der Waals surface area contributed by atoms with Gasteiger partial charge in [-0.3, -0.25) is 9.89 Å². The maximum atomic E-state index is 12.6. The summed E-state index contributed by atoms with van der Waals surface area (Å²) in [4.78, 5) is 18.7. The summed E-state index contributed by atoms with van der Waals surface area (Å²) in [5.41, 5.74) is 1.55. The average Bonchev–Trinajstić information content (AvgIpc) is 3.17. The quantitative estimate of drug-likeness (QED) is 0.931. The highest BCUT2D eigenvalue weighted by Crippen LogP contribution is 2.28. The van der Waals surface area contributed by atoms with Crippen LogP contribution in [0.3, 0.4) is 0 Å². The van der Waals surface area contributed by atoms with E-state index in [1.807, 2.05) is 18.7 Å². The number of aromatic nitrogens is 4. The number of likely N-dealkylation sites (tertiary alicyclic amines) is 1. The predicted molar refractivity (Wildman–Crippen MR) is 75.0 cm³/mol. The Hall–Kier alpha value is -2.18. The largest absolute Gasteiger partial charge is 0.339 e. The first-order chi connectivity index (χ1) is 10.1. The fourth-order valence-electron chi connectivity index (χ4n) is 2.70. The molecule has 1 amide bonds. The number of carbonyl (C=O) groups is 1. The van der Waals surface area contributed by atoms with Crippen molar-refractivity contribution in [2.75, 3.05) is 13.1 Å². The number of rotatable bonds is 3. The van der Waals surface area contributed by atoms with Crippen LogP contribution in [0, 0.1) is 6.92 Å². The lowest BCUT2D eigenvalue weighted by Crippen LogP contribution is -2.29. The Morgan fingerprint density at radius 3 is 3.00 bits per heavy atom. The van der Waals surface area contributed by atoms with E-state index in [1.54, 1.807) is 13.1 Å². The molecule has 1 N–H and O–H groups in total. The molecule has 1 fully saturated rings. The molecule has 1 aliphatic heterocycles. The molecular weight excluding hydrogens is 270 g/mol. The highest BCUT2D eigenvalue weighted by Gasteiger charge is 2.32. The van der Waals surface area contributed by atoms with Crippen LogP contribution >= 0.6 is 0 Å². The maximum absolute atomic E-state index is 12.6. The van der Waals surface area contributed by atoms with Gasteiger partial charge in [-0.2, -0.15) is 10.1 Å². The SMILES string of the molecule is Cc1noc([C@@H]2CCN(C(=O)c3cn[nH]c3C(C)C)C2)n1. The zero-order valence-electron chi connectivity index (χ0n) is 12.5. The van der Waals surface area contributed by atoms with Crippen LogP contribution in [0.1, 0.15) is 59.9 Å². The molecule has 0 spiro atoms. The van der Waals surface area contributed by atoms with E-state index in [9.17, 15) is 4.79 Å². The first-order valence-electron chi connectivity index (χ1n) is 7.19. The molecule has 3 rings (SSSR count). The van der Waals surface area contributed by atoms with Crippen LogP contribution in [-0.4, -0.2) is 44.2 Å². The second kappa shape index (κ2) is 5.31. The number of aryl methyl sites for hydroxylation is 1. The van der Waals surface area contributed by atoms with E-state index < -0.39 is 0 Å². The van der Waals surface area contributed by atoms with Crippen LogP contribution in [0.4, 0.5) is 0 Å². The third-order valence-corrected chi connectivity index (χ3v) is 3.84. The van der Waals surface area contributed by atoms with Gasteiger partial charge in [0.25, 0.3) is 5.91 Å². The number of aromatic amines is 1. The minimum atomic E-state index is 0.0196. The van der Waals surface area contributed by atoms with Crippen molar-refractivity contribution in [3.05, 3.63) is 29.2 Å². The number of carbonyl (C=O) groups excluding carboxylic acids is 1. The number of nitrogens with one attached hydrogen (secondary N) is 1. The molecule has 1 atom stereocenters. The Kier molecular flexibility index (Phi) is 3.48. The van der Waals surface area contributed by atoms with E-state index in [0.29, 0.717) is 30.4 Å². The van der Waals surface area contributed by atoms with Gasteiger partial charge in [-0.25, -0.2) is 0 Å². The standard InChI is InChI=1S/C14H19N5O2/c1-8(2)12-11(6-15-17-12)14(20)19-5-4-10(7-19)13-16-9(3)18-21-13/h6,8,10H,4-5,7H2,1-3H3,(H,15,17)/t10-/m1/s1. The van der Waals surface area contributed by atoms with Crippen LogP contribution in [0.5, 0.6) is 0 Å². The summed E-state index contributed by atoms with van der Waals surface area (Å²) in [6.07, 6.45) is 2.46. The molecule has 0 radical (unpaired) electrons. The van der Waals surface area contributed by atoms with Gasteiger partial charge in [0.2, 0.25) is 5.89 Å². The summed E-state index contributed by atoms with van der Waals surface area (Å²) in [5, 5.41) is 10.7. The molecule has 0 aliphatic carbocycles. The van der Waals surface area contributed by atoms with Gasteiger partial charge < -0.3 is 9.42 Å². The number of amides is 1. The molecule has 7 heteroatoms. The minimum Gasteiger partial charge on any atom is -0.339 e. The van der Waals surface area contributed by atoms with E-state index in [-0.39, 0.29) is 17.7 Å². The van der Waals surface area contributed by atoms with E-state index in [1.165, 1.54) is 0 Å². The number of hydrogen-bond donors (Lipinski definition) is 1. The van der Waals surface area contributed by atoms with E-state index in [4.69, 9.17) is 4.52 Å². The van der Waals surface area contributed by atoms with Gasteiger partial charge in [0.05, 0.1) is 23.4 Å². The number of nitrogens with zero attached hydrogens (tertiary/aromatic N) is 4. The van der Waals surface area contributed by atoms with Gasteiger partial charge in [-0.05, 0) is 19.3 Å². The average molecular weight is 289 g/mol. The molecule has 2 aromatic heterocycles. The van der Waals surface area contributed by atoms with E-state index in [2.05, 4.69) is 20.3 Å². The van der Waals surface area contributed by atoms with E-state index in [0.717, 1.165) is 12.1 Å². The van der Waals surface area contributed by atoms with Crippen LogP contribution in [0.2, 0.25) is 0 Å². The van der Waals surface area contributed by atoms with Gasteiger partial charge in [0.1, 0.15) is 0 Å². The number of hydrogen-bond acceptors (Lipinski definition) is 5. The van der Waals surface area contributed by atoms with Crippen LogP contribution in [0.25, 0.3) is 0 Å². The Balaban J connectivity index is 1.74. The molecule has 1 saturated heterocycles. The highest BCUT2D eigenvalue weighted by molar-refractivity contribution is 5.95. The summed E-state index contributed by atoms with van der Waals surface area (Å²) in [6.45, 7) is 7.19. The Labute approximate surface area is 122 Å². The highest BCUT2D eigenvalue weighted by atomic mass is 16.5. The first-order valence-corrected chi connectivity index (χ1v) is 7.19. The van der Waals surface area contributed by atoms with Crippen molar-refractivity contribution < 1.29 is 9.32 Å². The topological polar surface area (TPSA) is 87.9 Å². The molecule has 7 nitrogen and oxygen atoms in total. The fourth-order valence-corrected chi connectivity index (χ4v) is 2.70. The van der Waals surface area contributed by atoms with Gasteiger partial charge >= 0.3 is 0 Å². The molecular formula is C14H19N5O2. The fraction of sp³-hybridized carbons (Fsp3) is 0.571. The summed E-state index contributed by atoms with van der Waals surface area (Å²) in [7, 11) is 0.